The van der Waals surface area contributed by atoms with Crippen molar-refractivity contribution in [3.63, 3.8) is 0 Å². The normalized spacial score (nSPS) is 11.9. The molecule has 0 aliphatic carbocycles. The second-order valence-electron chi connectivity index (χ2n) is 4.15. The molecule has 1 amide bonds. The quantitative estimate of drug-likeness (QED) is 0.866. The monoisotopic (exact) mass is 314 g/mol. The topological polar surface area (TPSA) is 83.6 Å². The number of carbonyl (C=O) groups excluding carboxylic acids is 1. The largest absolute Gasteiger partial charge is 0.481 e. The summed E-state index contributed by atoms with van der Waals surface area (Å²) >= 11 is 3.35. The van der Waals surface area contributed by atoms with Crippen LogP contribution >= 0.6 is 15.9 Å². The number of carbonyl (C=O) groups is 2. The number of halogens is 1. The third-order valence-electron chi connectivity index (χ3n) is 2.61. The number of benzene rings is 1. The second-order valence-corrected chi connectivity index (χ2v) is 5.00. The van der Waals surface area contributed by atoms with E-state index in [9.17, 15) is 9.59 Å². The van der Waals surface area contributed by atoms with Gasteiger partial charge in [0.25, 0.3) is 0 Å². The Bertz CT molecular complexity index is 476. The predicted octanol–water partition coefficient (Wildman–Crippen LogP) is 1.70. The lowest BCUT2D eigenvalue weighted by Gasteiger charge is -2.23. The van der Waals surface area contributed by atoms with Crippen molar-refractivity contribution >= 4 is 33.5 Å². The van der Waals surface area contributed by atoms with Crippen molar-refractivity contribution in [1.82, 2.24) is 0 Å². The van der Waals surface area contributed by atoms with E-state index in [1.165, 1.54) is 0 Å². The van der Waals surface area contributed by atoms with Crippen LogP contribution in [0.4, 0.5) is 5.69 Å². The second kappa shape index (κ2) is 5.86. The van der Waals surface area contributed by atoms with Crippen LogP contribution in [0.25, 0.3) is 0 Å². The van der Waals surface area contributed by atoms with E-state index in [0.29, 0.717) is 16.6 Å². The van der Waals surface area contributed by atoms with E-state index in [1.54, 1.807) is 32.2 Å². The molecule has 3 N–H and O–H groups in total. The van der Waals surface area contributed by atoms with Gasteiger partial charge >= 0.3 is 5.97 Å². The predicted molar refractivity (Wildman–Crippen MR) is 72.7 cm³/mol. The summed E-state index contributed by atoms with van der Waals surface area (Å²) < 4.78 is 0.707. The molecule has 0 heterocycles. The van der Waals surface area contributed by atoms with Crippen LogP contribution in [-0.2, 0) is 4.79 Å². The average molecular weight is 315 g/mol. The number of carboxylic acids is 1. The van der Waals surface area contributed by atoms with Crippen LogP contribution in [0.3, 0.4) is 0 Å². The Morgan fingerprint density at radius 1 is 1.50 bits per heavy atom. The van der Waals surface area contributed by atoms with Gasteiger partial charge in [-0.25, -0.2) is 0 Å². The fourth-order valence-corrected chi connectivity index (χ4v) is 2.24. The Balaban J connectivity index is 2.90. The molecular weight excluding hydrogens is 300 g/mol. The number of carboxylic acid groups (broad SMARTS) is 1. The van der Waals surface area contributed by atoms with Crippen molar-refractivity contribution in [1.29, 1.82) is 0 Å². The lowest BCUT2D eigenvalue weighted by atomic mass is 10.1. The number of rotatable bonds is 5. The van der Waals surface area contributed by atoms with Gasteiger partial charge in [-0.3, -0.25) is 9.59 Å². The third-order valence-corrected chi connectivity index (χ3v) is 3.25. The Labute approximate surface area is 114 Å². The van der Waals surface area contributed by atoms with Crippen molar-refractivity contribution in [2.75, 3.05) is 18.5 Å². The molecule has 1 aromatic carbocycles. The van der Waals surface area contributed by atoms with Gasteiger partial charge in [-0.2, -0.15) is 0 Å². The van der Waals surface area contributed by atoms with Crippen LogP contribution in [0.5, 0.6) is 0 Å². The van der Waals surface area contributed by atoms with E-state index in [4.69, 9.17) is 10.8 Å². The van der Waals surface area contributed by atoms with Crippen LogP contribution in [0, 0.1) is 5.92 Å². The summed E-state index contributed by atoms with van der Waals surface area (Å²) in [5.41, 5.74) is 6.40. The van der Waals surface area contributed by atoms with Crippen molar-refractivity contribution in [3.05, 3.63) is 28.2 Å². The maximum atomic E-state index is 11.0. The summed E-state index contributed by atoms with van der Waals surface area (Å²) in [5, 5.41) is 8.86. The van der Waals surface area contributed by atoms with Gasteiger partial charge < -0.3 is 15.7 Å². The molecule has 0 spiro atoms. The highest BCUT2D eigenvalue weighted by atomic mass is 79.9. The van der Waals surface area contributed by atoms with Gasteiger partial charge in [0.2, 0.25) is 5.91 Å². The number of hydrogen-bond donors (Lipinski definition) is 2. The molecule has 98 valence electrons. The van der Waals surface area contributed by atoms with Crippen molar-refractivity contribution in [2.45, 2.75) is 6.92 Å². The van der Waals surface area contributed by atoms with Gasteiger partial charge in [0.1, 0.15) is 0 Å². The molecular formula is C12H15BrN2O3. The molecule has 0 aromatic heterocycles. The minimum Gasteiger partial charge on any atom is -0.481 e. The standard InChI is InChI=1S/C12H15BrN2O3/c1-7(12(17)18)6-15(2)10-4-3-8(11(14)16)5-9(10)13/h3-5,7H,6H2,1-2H3,(H2,14,16)(H,17,18). The van der Waals surface area contributed by atoms with E-state index in [-0.39, 0.29) is 0 Å². The molecule has 0 aliphatic heterocycles. The molecule has 0 fully saturated rings. The Morgan fingerprint density at radius 3 is 2.56 bits per heavy atom. The number of primary amides is 1. The zero-order valence-electron chi connectivity index (χ0n) is 10.2. The number of hydrogen-bond acceptors (Lipinski definition) is 3. The minimum atomic E-state index is -0.841. The van der Waals surface area contributed by atoms with Crippen LogP contribution in [0.2, 0.25) is 0 Å². The summed E-state index contributed by atoms with van der Waals surface area (Å²) in [4.78, 5) is 23.6. The maximum absolute atomic E-state index is 11.0. The van der Waals surface area contributed by atoms with Gasteiger partial charge in [0.05, 0.1) is 11.6 Å². The Morgan fingerprint density at radius 2 is 2.11 bits per heavy atom. The fraction of sp³-hybridized carbons (Fsp3) is 0.333. The molecule has 18 heavy (non-hydrogen) atoms. The maximum Gasteiger partial charge on any atom is 0.308 e. The van der Waals surface area contributed by atoms with E-state index in [2.05, 4.69) is 15.9 Å². The zero-order valence-corrected chi connectivity index (χ0v) is 11.8. The first kappa shape index (κ1) is 14.5. The van der Waals surface area contributed by atoms with E-state index >= 15 is 0 Å². The van der Waals surface area contributed by atoms with Gasteiger partial charge in [0, 0.05) is 23.6 Å². The highest BCUT2D eigenvalue weighted by molar-refractivity contribution is 9.10. The Kier molecular flexibility index (Phi) is 4.72. The number of nitrogens with zero attached hydrogens (tertiary/aromatic N) is 1. The van der Waals surface area contributed by atoms with Crippen molar-refractivity contribution < 1.29 is 14.7 Å². The van der Waals surface area contributed by atoms with E-state index in [0.717, 1.165) is 5.69 Å². The summed E-state index contributed by atoms with van der Waals surface area (Å²) in [7, 11) is 1.80. The molecule has 0 bridgehead atoms. The summed E-state index contributed by atoms with van der Waals surface area (Å²) in [6, 6.07) is 4.97. The molecule has 6 heteroatoms. The molecule has 0 radical (unpaired) electrons. The molecule has 1 unspecified atom stereocenters. The van der Waals surface area contributed by atoms with Crippen molar-refractivity contribution in [2.24, 2.45) is 11.7 Å². The Hall–Kier alpha value is -1.56. The lowest BCUT2D eigenvalue weighted by Crippen LogP contribution is -2.28. The first-order valence-electron chi connectivity index (χ1n) is 5.36. The van der Waals surface area contributed by atoms with Crippen LogP contribution in [-0.4, -0.2) is 30.6 Å². The molecule has 1 aromatic rings. The molecule has 0 aliphatic rings. The highest BCUT2D eigenvalue weighted by Crippen LogP contribution is 2.27. The van der Waals surface area contributed by atoms with Crippen LogP contribution in [0.1, 0.15) is 17.3 Å². The third kappa shape index (κ3) is 3.46. The smallest absolute Gasteiger partial charge is 0.308 e. The van der Waals surface area contributed by atoms with E-state index < -0.39 is 17.8 Å². The number of amides is 1. The number of aliphatic carboxylic acids is 1. The van der Waals surface area contributed by atoms with Gasteiger partial charge in [0.15, 0.2) is 0 Å². The molecule has 0 saturated heterocycles. The van der Waals surface area contributed by atoms with E-state index in [1.807, 2.05) is 4.90 Å². The first-order valence-corrected chi connectivity index (χ1v) is 6.15. The summed E-state index contributed by atoms with van der Waals surface area (Å²) in [6.07, 6.45) is 0. The van der Waals surface area contributed by atoms with Crippen molar-refractivity contribution in [3.8, 4) is 0 Å². The molecule has 1 rings (SSSR count). The molecule has 1 atom stereocenters. The summed E-state index contributed by atoms with van der Waals surface area (Å²) in [5.74, 6) is -1.81. The van der Waals surface area contributed by atoms with Gasteiger partial charge in [-0.1, -0.05) is 6.92 Å². The van der Waals surface area contributed by atoms with Gasteiger partial charge in [-0.05, 0) is 34.1 Å². The average Bonchev–Trinajstić information content (AvgIpc) is 2.28. The van der Waals surface area contributed by atoms with Crippen LogP contribution < -0.4 is 10.6 Å². The fourth-order valence-electron chi connectivity index (χ4n) is 1.56. The zero-order chi connectivity index (χ0) is 13.9. The van der Waals surface area contributed by atoms with Gasteiger partial charge in [-0.15, -0.1) is 0 Å². The lowest BCUT2D eigenvalue weighted by molar-refractivity contribution is -0.140. The summed E-state index contributed by atoms with van der Waals surface area (Å²) in [6.45, 7) is 2.02. The van der Waals surface area contributed by atoms with Crippen LogP contribution in [0.15, 0.2) is 22.7 Å². The first-order chi connectivity index (χ1) is 8.32. The molecule has 0 saturated carbocycles. The number of anilines is 1. The minimum absolute atomic E-state index is 0.379. The number of nitrogens with two attached hydrogens (primary N) is 1. The molecule has 5 nitrogen and oxygen atoms in total. The SMILES string of the molecule is CC(CN(C)c1ccc(C(N)=O)cc1Br)C(=O)O. The highest BCUT2D eigenvalue weighted by Gasteiger charge is 2.16.